The molecule has 0 bridgehead atoms. The molecule has 106 valence electrons. The first-order chi connectivity index (χ1) is 9.29. The van der Waals surface area contributed by atoms with Crippen LogP contribution in [0.15, 0.2) is 12.3 Å². The second-order valence-corrected chi connectivity index (χ2v) is 5.53. The Morgan fingerprint density at radius 1 is 1.37 bits per heavy atom. The van der Waals surface area contributed by atoms with Crippen molar-refractivity contribution < 1.29 is 4.74 Å². The molecule has 2 rings (SSSR count). The van der Waals surface area contributed by atoms with E-state index in [4.69, 9.17) is 16.3 Å². The lowest BCUT2D eigenvalue weighted by Gasteiger charge is -2.21. The van der Waals surface area contributed by atoms with Crippen LogP contribution in [0, 0.1) is 0 Å². The summed E-state index contributed by atoms with van der Waals surface area (Å²) in [4.78, 5) is 8.61. The van der Waals surface area contributed by atoms with Gasteiger partial charge < -0.3 is 10.1 Å². The Kier molecular flexibility index (Phi) is 5.70. The second kappa shape index (κ2) is 7.53. The molecule has 0 aromatic carbocycles. The number of alkyl halides is 1. The fourth-order valence-electron chi connectivity index (χ4n) is 2.29. The van der Waals surface area contributed by atoms with Crippen LogP contribution in [0.2, 0.25) is 0 Å². The average Bonchev–Trinajstić information content (AvgIpc) is 2.62. The quantitative estimate of drug-likeness (QED) is 0.662. The van der Waals surface area contributed by atoms with Crippen molar-refractivity contribution in [1.82, 2.24) is 9.97 Å². The summed E-state index contributed by atoms with van der Waals surface area (Å²) in [6, 6.07) is 2.04. The van der Waals surface area contributed by atoms with Crippen LogP contribution in [0.3, 0.4) is 0 Å². The molecule has 1 aromatic heterocycles. The predicted molar refractivity (Wildman–Crippen MR) is 78.0 cm³/mol. The van der Waals surface area contributed by atoms with Gasteiger partial charge in [0.1, 0.15) is 0 Å². The van der Waals surface area contributed by atoms with Crippen LogP contribution >= 0.6 is 11.6 Å². The number of aromatic nitrogens is 2. The Bertz CT molecular complexity index is 389. The molecule has 1 fully saturated rings. The summed E-state index contributed by atoms with van der Waals surface area (Å²) in [5.74, 6) is 1.24. The number of hydrogen-bond acceptors (Lipinski definition) is 4. The first-order valence-electron chi connectivity index (χ1n) is 7.16. The van der Waals surface area contributed by atoms with E-state index in [9.17, 15) is 0 Å². The van der Waals surface area contributed by atoms with Gasteiger partial charge >= 0.3 is 0 Å². The smallest absolute Gasteiger partial charge is 0.226 e. The summed E-state index contributed by atoms with van der Waals surface area (Å²) in [6.07, 6.45) is 8.53. The normalized spacial score (nSPS) is 23.7. The highest BCUT2D eigenvalue weighted by molar-refractivity contribution is 6.21. The molecule has 1 heterocycles. The number of nitrogens with one attached hydrogen (secondary N) is 1. The van der Waals surface area contributed by atoms with Gasteiger partial charge in [0, 0.05) is 18.3 Å². The summed E-state index contributed by atoms with van der Waals surface area (Å²) in [5, 5.41) is 3.51. The van der Waals surface area contributed by atoms with Crippen molar-refractivity contribution in [3.05, 3.63) is 12.3 Å². The molecular weight excluding hydrogens is 262 g/mol. The molecule has 19 heavy (non-hydrogen) atoms. The van der Waals surface area contributed by atoms with Gasteiger partial charge in [-0.25, -0.2) is 4.98 Å². The van der Waals surface area contributed by atoms with Gasteiger partial charge in [-0.3, -0.25) is 0 Å². The summed E-state index contributed by atoms with van der Waals surface area (Å²) < 4.78 is 5.51. The molecule has 2 atom stereocenters. The maximum atomic E-state index is 6.41. The van der Waals surface area contributed by atoms with Gasteiger partial charge in [0.25, 0.3) is 0 Å². The standard InChI is InChI=1S/C14H22ClN3O/c1-2-10-19-13-8-9-16-14(18-13)17-12-7-5-3-4-6-11(12)15/h8-9,11-12H,2-7,10H2,1H3,(H,16,17,18). The van der Waals surface area contributed by atoms with Crippen LogP contribution in [-0.2, 0) is 0 Å². The number of anilines is 1. The van der Waals surface area contributed by atoms with Crippen molar-refractivity contribution in [2.24, 2.45) is 0 Å². The van der Waals surface area contributed by atoms with Gasteiger partial charge in [0.15, 0.2) is 0 Å². The largest absolute Gasteiger partial charge is 0.478 e. The molecular formula is C14H22ClN3O. The minimum atomic E-state index is 0.159. The molecule has 0 radical (unpaired) electrons. The first-order valence-corrected chi connectivity index (χ1v) is 7.59. The van der Waals surface area contributed by atoms with Crippen LogP contribution in [0.1, 0.15) is 45.4 Å². The van der Waals surface area contributed by atoms with E-state index < -0.39 is 0 Å². The van der Waals surface area contributed by atoms with Crippen LogP contribution in [0.25, 0.3) is 0 Å². The number of rotatable bonds is 5. The number of halogens is 1. The Morgan fingerprint density at radius 2 is 2.21 bits per heavy atom. The Balaban J connectivity index is 1.97. The minimum Gasteiger partial charge on any atom is -0.478 e. The first kappa shape index (κ1) is 14.4. The topological polar surface area (TPSA) is 47.0 Å². The van der Waals surface area contributed by atoms with Crippen molar-refractivity contribution in [3.63, 3.8) is 0 Å². The predicted octanol–water partition coefficient (Wildman–Crippen LogP) is 3.62. The third-order valence-corrected chi connectivity index (χ3v) is 3.85. The van der Waals surface area contributed by atoms with Gasteiger partial charge in [-0.05, 0) is 19.3 Å². The van der Waals surface area contributed by atoms with Crippen LogP contribution in [0.4, 0.5) is 5.95 Å². The molecule has 0 spiro atoms. The van der Waals surface area contributed by atoms with E-state index in [1.807, 2.05) is 0 Å². The highest BCUT2D eigenvalue weighted by Gasteiger charge is 2.22. The summed E-state index contributed by atoms with van der Waals surface area (Å²) in [5.41, 5.74) is 0. The van der Waals surface area contributed by atoms with E-state index in [1.165, 1.54) is 19.3 Å². The monoisotopic (exact) mass is 283 g/mol. The lowest BCUT2D eigenvalue weighted by molar-refractivity contribution is 0.305. The van der Waals surface area contributed by atoms with E-state index in [2.05, 4.69) is 22.2 Å². The zero-order valence-electron chi connectivity index (χ0n) is 11.4. The highest BCUT2D eigenvalue weighted by Crippen LogP contribution is 2.24. The third-order valence-electron chi connectivity index (χ3n) is 3.33. The molecule has 5 heteroatoms. The van der Waals surface area contributed by atoms with Crippen molar-refractivity contribution in [2.75, 3.05) is 11.9 Å². The van der Waals surface area contributed by atoms with Gasteiger partial charge in [0.05, 0.1) is 12.0 Å². The third kappa shape index (κ3) is 4.53. The Morgan fingerprint density at radius 3 is 3.05 bits per heavy atom. The van der Waals surface area contributed by atoms with Gasteiger partial charge in [-0.2, -0.15) is 4.98 Å². The zero-order chi connectivity index (χ0) is 13.5. The fourth-order valence-corrected chi connectivity index (χ4v) is 2.63. The molecule has 1 N–H and O–H groups in total. The SMILES string of the molecule is CCCOc1ccnc(NC2CCCCCC2Cl)n1. The molecule has 1 aliphatic carbocycles. The molecule has 4 nitrogen and oxygen atoms in total. The van der Waals surface area contributed by atoms with Gasteiger partial charge in [-0.15, -0.1) is 11.6 Å². The van der Waals surface area contributed by atoms with Crippen molar-refractivity contribution in [1.29, 1.82) is 0 Å². The molecule has 2 unspecified atom stereocenters. The lowest BCUT2D eigenvalue weighted by atomic mass is 10.1. The summed E-state index contributed by atoms with van der Waals surface area (Å²) in [6.45, 7) is 2.75. The minimum absolute atomic E-state index is 0.159. The number of ether oxygens (including phenoxy) is 1. The maximum Gasteiger partial charge on any atom is 0.226 e. The van der Waals surface area contributed by atoms with Crippen LogP contribution in [0.5, 0.6) is 5.88 Å². The van der Waals surface area contributed by atoms with E-state index in [0.717, 1.165) is 19.3 Å². The average molecular weight is 284 g/mol. The molecule has 0 amide bonds. The molecule has 1 saturated carbocycles. The highest BCUT2D eigenvalue weighted by atomic mass is 35.5. The van der Waals surface area contributed by atoms with Crippen LogP contribution in [-0.4, -0.2) is 28.0 Å². The van der Waals surface area contributed by atoms with Gasteiger partial charge in [-0.1, -0.05) is 26.2 Å². The van der Waals surface area contributed by atoms with E-state index in [1.54, 1.807) is 12.3 Å². The van der Waals surface area contributed by atoms with Crippen molar-refractivity contribution in [2.45, 2.75) is 56.9 Å². The van der Waals surface area contributed by atoms with Gasteiger partial charge in [0.2, 0.25) is 11.8 Å². The number of nitrogens with zero attached hydrogens (tertiary/aromatic N) is 2. The Hall–Kier alpha value is -1.03. The van der Waals surface area contributed by atoms with E-state index in [-0.39, 0.29) is 11.4 Å². The van der Waals surface area contributed by atoms with Crippen LogP contribution < -0.4 is 10.1 Å². The lowest BCUT2D eigenvalue weighted by Crippen LogP contribution is -2.29. The van der Waals surface area contributed by atoms with E-state index in [0.29, 0.717) is 18.4 Å². The Labute approximate surface area is 119 Å². The summed E-state index contributed by atoms with van der Waals surface area (Å²) in [7, 11) is 0. The number of hydrogen-bond donors (Lipinski definition) is 1. The molecule has 0 aliphatic heterocycles. The van der Waals surface area contributed by atoms with Crippen molar-refractivity contribution >= 4 is 17.5 Å². The zero-order valence-corrected chi connectivity index (χ0v) is 12.2. The van der Waals surface area contributed by atoms with E-state index >= 15 is 0 Å². The maximum absolute atomic E-state index is 6.41. The molecule has 0 saturated heterocycles. The summed E-state index contributed by atoms with van der Waals surface area (Å²) >= 11 is 6.41. The van der Waals surface area contributed by atoms with Crippen molar-refractivity contribution in [3.8, 4) is 5.88 Å². The fraction of sp³-hybridized carbons (Fsp3) is 0.714. The molecule has 1 aliphatic rings. The second-order valence-electron chi connectivity index (χ2n) is 4.97. The molecule has 1 aromatic rings.